The van der Waals surface area contributed by atoms with Crippen LogP contribution in [-0.4, -0.2) is 10.9 Å². The number of thiazole rings is 1. The third-order valence-electron chi connectivity index (χ3n) is 1.89. The molecular formula is C12H10N2OS. The number of amides is 1. The van der Waals surface area contributed by atoms with Crippen molar-refractivity contribution in [2.24, 2.45) is 0 Å². The van der Waals surface area contributed by atoms with Crippen molar-refractivity contribution in [2.45, 2.75) is 0 Å². The molecule has 0 spiro atoms. The minimum atomic E-state index is -0.168. The lowest BCUT2D eigenvalue weighted by molar-refractivity contribution is -0.111. The first-order valence-corrected chi connectivity index (χ1v) is 5.66. The van der Waals surface area contributed by atoms with E-state index in [1.54, 1.807) is 12.3 Å². The fraction of sp³-hybridized carbons (Fsp3) is 0. The number of nitrogens with one attached hydrogen (secondary N) is 1. The minimum absolute atomic E-state index is 0.168. The molecule has 0 aliphatic heterocycles. The van der Waals surface area contributed by atoms with Crippen LogP contribution in [0.4, 0.5) is 5.13 Å². The summed E-state index contributed by atoms with van der Waals surface area (Å²) in [6.07, 6.45) is 4.92. The van der Waals surface area contributed by atoms with Gasteiger partial charge >= 0.3 is 0 Å². The minimum Gasteiger partial charge on any atom is -0.298 e. The van der Waals surface area contributed by atoms with Crippen LogP contribution in [0.3, 0.4) is 0 Å². The molecule has 0 radical (unpaired) electrons. The molecule has 4 heteroatoms. The van der Waals surface area contributed by atoms with Crippen molar-refractivity contribution < 1.29 is 4.79 Å². The van der Waals surface area contributed by atoms with Gasteiger partial charge in [0, 0.05) is 17.7 Å². The highest BCUT2D eigenvalue weighted by molar-refractivity contribution is 7.13. The molecule has 0 atom stereocenters. The Morgan fingerprint density at radius 1 is 1.31 bits per heavy atom. The summed E-state index contributed by atoms with van der Waals surface area (Å²) in [5, 5.41) is 5.10. The van der Waals surface area contributed by atoms with E-state index < -0.39 is 0 Å². The van der Waals surface area contributed by atoms with Crippen LogP contribution in [0, 0.1) is 0 Å². The van der Waals surface area contributed by atoms with Gasteiger partial charge in [0.05, 0.1) is 0 Å². The number of nitrogens with zero attached hydrogens (tertiary/aromatic N) is 1. The molecule has 0 aliphatic carbocycles. The Kier molecular flexibility index (Phi) is 3.46. The van der Waals surface area contributed by atoms with E-state index in [0.29, 0.717) is 5.13 Å². The molecule has 16 heavy (non-hydrogen) atoms. The Morgan fingerprint density at radius 2 is 2.12 bits per heavy atom. The van der Waals surface area contributed by atoms with E-state index in [1.165, 1.54) is 17.4 Å². The van der Waals surface area contributed by atoms with Crippen LogP contribution in [0.5, 0.6) is 0 Å². The number of rotatable bonds is 3. The summed E-state index contributed by atoms with van der Waals surface area (Å²) in [6, 6.07) is 9.67. The van der Waals surface area contributed by atoms with E-state index in [-0.39, 0.29) is 5.91 Å². The lowest BCUT2D eigenvalue weighted by Crippen LogP contribution is -2.06. The van der Waals surface area contributed by atoms with Gasteiger partial charge in [0.2, 0.25) is 5.91 Å². The molecule has 2 rings (SSSR count). The fourth-order valence-corrected chi connectivity index (χ4v) is 1.70. The van der Waals surface area contributed by atoms with Crippen molar-refractivity contribution in [1.29, 1.82) is 0 Å². The second-order valence-corrected chi connectivity index (χ2v) is 3.97. The van der Waals surface area contributed by atoms with Crippen LogP contribution >= 0.6 is 11.3 Å². The molecule has 1 amide bonds. The van der Waals surface area contributed by atoms with Crippen LogP contribution in [0.25, 0.3) is 6.08 Å². The first-order valence-electron chi connectivity index (χ1n) is 4.78. The highest BCUT2D eigenvalue weighted by atomic mass is 32.1. The molecule has 1 N–H and O–H groups in total. The molecule has 1 aromatic heterocycles. The maximum Gasteiger partial charge on any atom is 0.250 e. The first kappa shape index (κ1) is 10.6. The van der Waals surface area contributed by atoms with E-state index in [1.807, 2.05) is 35.7 Å². The molecule has 0 fully saturated rings. The zero-order valence-electron chi connectivity index (χ0n) is 8.46. The molecule has 1 heterocycles. The standard InChI is InChI=1S/C12H10N2OS/c15-11(14-12-13-8-9-16-12)7-6-10-4-2-1-3-5-10/h1-9H,(H,13,14,15). The van der Waals surface area contributed by atoms with E-state index >= 15 is 0 Å². The smallest absolute Gasteiger partial charge is 0.250 e. The topological polar surface area (TPSA) is 42.0 Å². The van der Waals surface area contributed by atoms with E-state index in [4.69, 9.17) is 0 Å². The average Bonchev–Trinajstić information content (AvgIpc) is 2.81. The van der Waals surface area contributed by atoms with Gasteiger partial charge in [-0.25, -0.2) is 4.98 Å². The predicted molar refractivity (Wildman–Crippen MR) is 66.2 cm³/mol. The number of carbonyl (C=O) groups excluding carboxylic acids is 1. The van der Waals surface area contributed by atoms with Crippen molar-refractivity contribution in [3.05, 3.63) is 53.5 Å². The first-order chi connectivity index (χ1) is 7.84. The van der Waals surface area contributed by atoms with Gasteiger partial charge in [-0.2, -0.15) is 0 Å². The van der Waals surface area contributed by atoms with Gasteiger partial charge in [0.25, 0.3) is 0 Å². The van der Waals surface area contributed by atoms with Gasteiger partial charge in [0.1, 0.15) is 0 Å². The maximum atomic E-state index is 11.5. The average molecular weight is 230 g/mol. The quantitative estimate of drug-likeness (QED) is 0.824. The zero-order chi connectivity index (χ0) is 11.2. The number of aromatic nitrogens is 1. The van der Waals surface area contributed by atoms with Crippen molar-refractivity contribution in [2.75, 3.05) is 5.32 Å². The summed E-state index contributed by atoms with van der Waals surface area (Å²) >= 11 is 1.40. The van der Waals surface area contributed by atoms with Gasteiger partial charge in [-0.3, -0.25) is 10.1 Å². The zero-order valence-corrected chi connectivity index (χ0v) is 9.28. The second kappa shape index (κ2) is 5.23. The highest BCUT2D eigenvalue weighted by Crippen LogP contribution is 2.10. The summed E-state index contributed by atoms with van der Waals surface area (Å²) in [5.74, 6) is -0.168. The van der Waals surface area contributed by atoms with Gasteiger partial charge < -0.3 is 0 Å². The molecule has 3 nitrogen and oxygen atoms in total. The van der Waals surface area contributed by atoms with Crippen LogP contribution in [0.1, 0.15) is 5.56 Å². The number of anilines is 1. The van der Waals surface area contributed by atoms with Gasteiger partial charge in [-0.05, 0) is 11.6 Å². The Hall–Kier alpha value is -1.94. The molecular weight excluding hydrogens is 220 g/mol. The number of carbonyl (C=O) groups is 1. The van der Waals surface area contributed by atoms with Crippen LogP contribution in [0.15, 0.2) is 48.0 Å². The van der Waals surface area contributed by atoms with E-state index in [2.05, 4.69) is 10.3 Å². The van der Waals surface area contributed by atoms with Gasteiger partial charge in [-0.1, -0.05) is 30.3 Å². The lowest BCUT2D eigenvalue weighted by Gasteiger charge is -1.95. The summed E-state index contributed by atoms with van der Waals surface area (Å²) in [5.41, 5.74) is 0.997. The monoisotopic (exact) mass is 230 g/mol. The summed E-state index contributed by atoms with van der Waals surface area (Å²) in [4.78, 5) is 15.4. The molecule has 0 unspecified atom stereocenters. The number of benzene rings is 1. The number of hydrogen-bond donors (Lipinski definition) is 1. The molecule has 2 aromatic rings. The molecule has 0 aliphatic rings. The predicted octanol–water partition coefficient (Wildman–Crippen LogP) is 2.80. The van der Waals surface area contributed by atoms with Crippen molar-refractivity contribution in [1.82, 2.24) is 4.98 Å². The SMILES string of the molecule is O=C(C=Cc1ccccc1)Nc1nccs1. The van der Waals surface area contributed by atoms with Crippen molar-refractivity contribution >= 4 is 28.5 Å². The number of hydrogen-bond acceptors (Lipinski definition) is 3. The normalized spacial score (nSPS) is 10.5. The largest absolute Gasteiger partial charge is 0.298 e. The van der Waals surface area contributed by atoms with Gasteiger partial charge in [-0.15, -0.1) is 11.3 Å². The van der Waals surface area contributed by atoms with Crippen molar-refractivity contribution in [3.8, 4) is 0 Å². The Morgan fingerprint density at radius 3 is 2.81 bits per heavy atom. The lowest BCUT2D eigenvalue weighted by atomic mass is 10.2. The fourth-order valence-electron chi connectivity index (χ4n) is 1.17. The Labute approximate surface area is 97.5 Å². The van der Waals surface area contributed by atoms with Crippen LogP contribution < -0.4 is 5.32 Å². The van der Waals surface area contributed by atoms with Crippen LogP contribution in [-0.2, 0) is 4.79 Å². The maximum absolute atomic E-state index is 11.5. The Bertz CT molecular complexity index is 477. The third kappa shape index (κ3) is 3.03. The van der Waals surface area contributed by atoms with Crippen LogP contribution in [0.2, 0.25) is 0 Å². The van der Waals surface area contributed by atoms with E-state index in [0.717, 1.165) is 5.56 Å². The summed E-state index contributed by atoms with van der Waals surface area (Å²) in [6.45, 7) is 0. The summed E-state index contributed by atoms with van der Waals surface area (Å²) in [7, 11) is 0. The Balaban J connectivity index is 1.95. The molecule has 0 bridgehead atoms. The molecule has 1 aromatic carbocycles. The summed E-state index contributed by atoms with van der Waals surface area (Å²) < 4.78 is 0. The molecule has 0 saturated carbocycles. The molecule has 0 saturated heterocycles. The van der Waals surface area contributed by atoms with Crippen molar-refractivity contribution in [3.63, 3.8) is 0 Å². The molecule has 80 valence electrons. The highest BCUT2D eigenvalue weighted by Gasteiger charge is 1.98. The van der Waals surface area contributed by atoms with E-state index in [9.17, 15) is 4.79 Å². The third-order valence-corrected chi connectivity index (χ3v) is 2.58. The van der Waals surface area contributed by atoms with Gasteiger partial charge in [0.15, 0.2) is 5.13 Å². The second-order valence-electron chi connectivity index (χ2n) is 3.07.